The molecule has 0 unspecified atom stereocenters. The molecule has 2 rings (SSSR count). The summed E-state index contributed by atoms with van der Waals surface area (Å²) in [6, 6.07) is 3.58. The van der Waals surface area contributed by atoms with Crippen LogP contribution in [0.15, 0.2) is 23.1 Å². The van der Waals surface area contributed by atoms with Gasteiger partial charge in [-0.05, 0) is 18.2 Å². The molecule has 5 nitrogen and oxygen atoms in total. The van der Waals surface area contributed by atoms with Gasteiger partial charge in [-0.25, -0.2) is 13.2 Å². The molecule has 0 aliphatic carbocycles. The number of rotatable bonds is 3. The summed E-state index contributed by atoms with van der Waals surface area (Å²) in [6.07, 6.45) is 0. The smallest absolute Gasteiger partial charge is 0.335 e. The number of halogens is 1. The Balaban J connectivity index is 2.43. The Morgan fingerprint density at radius 3 is 2.47 bits per heavy atom. The zero-order chi connectivity index (χ0) is 12.6. The van der Waals surface area contributed by atoms with Gasteiger partial charge in [-0.1, -0.05) is 11.6 Å². The third-order valence-corrected chi connectivity index (χ3v) is 5.08. The number of hydrogen-bond acceptors (Lipinski definition) is 4. The van der Waals surface area contributed by atoms with E-state index in [4.69, 9.17) is 21.4 Å². The summed E-state index contributed by atoms with van der Waals surface area (Å²) in [5, 5.41) is 8.08. The van der Waals surface area contributed by atoms with E-state index in [0.717, 1.165) is 6.07 Å². The van der Waals surface area contributed by atoms with E-state index in [1.54, 1.807) is 0 Å². The summed E-state index contributed by atoms with van der Waals surface area (Å²) in [4.78, 5) is 10.6. The highest BCUT2D eigenvalue weighted by Crippen LogP contribution is 2.28. The molecule has 17 heavy (non-hydrogen) atoms. The van der Waals surface area contributed by atoms with Crippen molar-refractivity contribution in [1.29, 1.82) is 0 Å². The van der Waals surface area contributed by atoms with Gasteiger partial charge in [0, 0.05) is 0 Å². The van der Waals surface area contributed by atoms with E-state index >= 15 is 0 Å². The van der Waals surface area contributed by atoms with E-state index in [1.807, 2.05) is 0 Å². The summed E-state index contributed by atoms with van der Waals surface area (Å²) in [6.45, 7) is 0.304. The summed E-state index contributed by atoms with van der Waals surface area (Å²) in [5.41, 5.74) is -0.0428. The molecule has 1 heterocycles. The van der Waals surface area contributed by atoms with Gasteiger partial charge in [0.05, 0.1) is 28.7 Å². The van der Waals surface area contributed by atoms with Gasteiger partial charge in [0.15, 0.2) is 9.84 Å². The minimum absolute atomic E-state index is 0.0428. The van der Waals surface area contributed by atoms with Gasteiger partial charge in [0.2, 0.25) is 0 Å². The second-order valence-electron chi connectivity index (χ2n) is 3.65. The Hall–Kier alpha value is -1.11. The minimum atomic E-state index is -3.53. The summed E-state index contributed by atoms with van der Waals surface area (Å²) in [7, 11) is -3.53. The molecule has 0 radical (unpaired) electrons. The lowest BCUT2D eigenvalue weighted by Crippen LogP contribution is -2.40. The fourth-order valence-electron chi connectivity index (χ4n) is 1.44. The first-order valence-corrected chi connectivity index (χ1v) is 6.70. The SMILES string of the molecule is O=C(O)c1ccc(S(=O)(=O)C2COC2)c(Cl)c1. The van der Waals surface area contributed by atoms with Crippen molar-refractivity contribution in [3.63, 3.8) is 0 Å². The van der Waals surface area contributed by atoms with Crippen LogP contribution < -0.4 is 0 Å². The van der Waals surface area contributed by atoms with E-state index in [-0.39, 0.29) is 28.7 Å². The van der Waals surface area contributed by atoms with Crippen LogP contribution in [-0.4, -0.2) is 38.0 Å². The van der Waals surface area contributed by atoms with Gasteiger partial charge in [-0.3, -0.25) is 0 Å². The van der Waals surface area contributed by atoms with Crippen LogP contribution in [0.4, 0.5) is 0 Å². The number of carboxylic acid groups (broad SMARTS) is 1. The molecule has 0 aromatic heterocycles. The van der Waals surface area contributed by atoms with Gasteiger partial charge in [0.1, 0.15) is 5.25 Å². The molecule has 0 atom stereocenters. The van der Waals surface area contributed by atoms with Crippen molar-refractivity contribution < 1.29 is 23.1 Å². The highest BCUT2D eigenvalue weighted by atomic mass is 35.5. The van der Waals surface area contributed by atoms with Crippen molar-refractivity contribution in [1.82, 2.24) is 0 Å². The molecule has 92 valence electrons. The first kappa shape index (κ1) is 12.3. The maximum Gasteiger partial charge on any atom is 0.335 e. The first-order valence-electron chi connectivity index (χ1n) is 4.77. The highest BCUT2D eigenvalue weighted by molar-refractivity contribution is 7.92. The molecular formula is C10H9ClO5S. The third kappa shape index (κ3) is 2.15. The molecule has 0 spiro atoms. The molecule has 0 bridgehead atoms. The van der Waals surface area contributed by atoms with E-state index in [1.165, 1.54) is 12.1 Å². The number of hydrogen-bond donors (Lipinski definition) is 1. The zero-order valence-electron chi connectivity index (χ0n) is 8.59. The topological polar surface area (TPSA) is 80.7 Å². The van der Waals surface area contributed by atoms with Crippen LogP contribution in [0.3, 0.4) is 0 Å². The van der Waals surface area contributed by atoms with Crippen LogP contribution in [0.5, 0.6) is 0 Å². The van der Waals surface area contributed by atoms with Crippen LogP contribution >= 0.6 is 11.6 Å². The van der Waals surface area contributed by atoms with Crippen molar-refractivity contribution in [3.8, 4) is 0 Å². The predicted octanol–water partition coefficient (Wildman–Crippen LogP) is 1.21. The monoisotopic (exact) mass is 276 g/mol. The maximum absolute atomic E-state index is 12.0. The largest absolute Gasteiger partial charge is 0.478 e. The lowest BCUT2D eigenvalue weighted by atomic mass is 10.2. The van der Waals surface area contributed by atoms with E-state index in [0.29, 0.717) is 0 Å². The maximum atomic E-state index is 12.0. The lowest BCUT2D eigenvalue weighted by molar-refractivity contribution is 0.0416. The summed E-state index contributed by atoms with van der Waals surface area (Å²) < 4.78 is 28.8. The van der Waals surface area contributed by atoms with Gasteiger partial charge in [-0.15, -0.1) is 0 Å². The van der Waals surface area contributed by atoms with Gasteiger partial charge >= 0.3 is 5.97 Å². The Morgan fingerprint density at radius 1 is 1.41 bits per heavy atom. The van der Waals surface area contributed by atoms with Crippen LogP contribution in [0.25, 0.3) is 0 Å². The molecule has 1 fully saturated rings. The van der Waals surface area contributed by atoms with Crippen LogP contribution in [-0.2, 0) is 14.6 Å². The molecule has 1 N–H and O–H groups in total. The predicted molar refractivity (Wildman–Crippen MR) is 60.2 cm³/mol. The Kier molecular flexibility index (Phi) is 3.11. The molecule has 1 aromatic rings. The van der Waals surface area contributed by atoms with Crippen LogP contribution in [0.2, 0.25) is 5.02 Å². The van der Waals surface area contributed by atoms with E-state index in [2.05, 4.69) is 0 Å². The van der Waals surface area contributed by atoms with Crippen molar-refractivity contribution in [2.75, 3.05) is 13.2 Å². The van der Waals surface area contributed by atoms with Crippen molar-refractivity contribution in [2.24, 2.45) is 0 Å². The normalized spacial score (nSPS) is 16.5. The van der Waals surface area contributed by atoms with E-state index < -0.39 is 21.1 Å². The molecule has 0 amide bonds. The number of ether oxygens (including phenoxy) is 1. The molecule has 0 saturated carbocycles. The average Bonchev–Trinajstić information content (AvgIpc) is 2.13. The molecule has 7 heteroatoms. The number of sulfone groups is 1. The van der Waals surface area contributed by atoms with Crippen LogP contribution in [0.1, 0.15) is 10.4 Å². The molecule has 1 saturated heterocycles. The number of carboxylic acids is 1. The van der Waals surface area contributed by atoms with Crippen molar-refractivity contribution in [3.05, 3.63) is 28.8 Å². The second-order valence-corrected chi connectivity index (χ2v) is 6.26. The zero-order valence-corrected chi connectivity index (χ0v) is 10.2. The standard InChI is InChI=1S/C10H9ClO5S/c11-8-3-6(10(12)13)1-2-9(8)17(14,15)7-4-16-5-7/h1-3,7H,4-5H2,(H,12,13). The number of aromatic carboxylic acids is 1. The lowest BCUT2D eigenvalue weighted by Gasteiger charge is -2.26. The van der Waals surface area contributed by atoms with Gasteiger partial charge in [0.25, 0.3) is 0 Å². The average molecular weight is 277 g/mol. The van der Waals surface area contributed by atoms with E-state index in [9.17, 15) is 13.2 Å². The Morgan fingerprint density at radius 2 is 2.06 bits per heavy atom. The fourth-order valence-corrected chi connectivity index (χ4v) is 3.44. The Bertz CT molecular complexity index is 562. The molecular weight excluding hydrogens is 268 g/mol. The van der Waals surface area contributed by atoms with Gasteiger partial charge < -0.3 is 9.84 Å². The number of carbonyl (C=O) groups is 1. The summed E-state index contributed by atoms with van der Waals surface area (Å²) >= 11 is 5.80. The highest BCUT2D eigenvalue weighted by Gasteiger charge is 2.35. The molecule has 1 aromatic carbocycles. The van der Waals surface area contributed by atoms with Gasteiger partial charge in [-0.2, -0.15) is 0 Å². The van der Waals surface area contributed by atoms with Crippen LogP contribution in [0, 0.1) is 0 Å². The number of benzene rings is 1. The van der Waals surface area contributed by atoms with Crippen molar-refractivity contribution >= 4 is 27.4 Å². The molecule has 1 aliphatic rings. The Labute approximate surface area is 103 Å². The second kappa shape index (κ2) is 4.29. The first-order chi connectivity index (χ1) is 7.93. The fraction of sp³-hybridized carbons (Fsp3) is 0.300. The minimum Gasteiger partial charge on any atom is -0.478 e. The molecule has 1 aliphatic heterocycles. The summed E-state index contributed by atoms with van der Waals surface area (Å²) in [5.74, 6) is -1.15. The quantitative estimate of drug-likeness (QED) is 0.897. The van der Waals surface area contributed by atoms with Crippen molar-refractivity contribution in [2.45, 2.75) is 10.1 Å². The third-order valence-electron chi connectivity index (χ3n) is 2.53.